The lowest BCUT2D eigenvalue weighted by atomic mass is 9.74. The van der Waals surface area contributed by atoms with E-state index >= 15 is 0 Å². The number of rotatable bonds is 6. The number of carbonyl (C=O) groups excluding carboxylic acids is 3. The first-order valence-corrected chi connectivity index (χ1v) is 15.1. The van der Waals surface area contributed by atoms with Crippen molar-refractivity contribution in [2.45, 2.75) is 30.3 Å². The van der Waals surface area contributed by atoms with E-state index in [2.05, 4.69) is 10.2 Å². The topological polar surface area (TPSA) is 122 Å². The molecular weight excluding hydrogens is 603 g/mol. The summed E-state index contributed by atoms with van der Waals surface area (Å²) in [5.74, 6) is -2.19. The Morgan fingerprint density at radius 1 is 1.17 bits per heavy atom. The number of ether oxygens (including phenoxy) is 1. The zero-order valence-electron chi connectivity index (χ0n) is 22.2. The third-order valence-electron chi connectivity index (χ3n) is 8.91. The number of fused-ring (bicyclic) bond motifs is 3. The van der Waals surface area contributed by atoms with Crippen LogP contribution in [0.4, 0.5) is 17.1 Å². The van der Waals surface area contributed by atoms with E-state index in [1.54, 1.807) is 23.6 Å². The Kier molecular flexibility index (Phi) is 6.36. The maximum Gasteiger partial charge on any atom is 0.338 e. The predicted molar refractivity (Wildman–Crippen MR) is 157 cm³/mol. The van der Waals surface area contributed by atoms with Crippen molar-refractivity contribution in [1.82, 2.24) is 4.90 Å². The van der Waals surface area contributed by atoms with Crippen LogP contribution in [0, 0.1) is 22.0 Å². The molecule has 4 atom stereocenters. The molecule has 4 heterocycles. The minimum Gasteiger partial charge on any atom is -0.465 e. The Morgan fingerprint density at radius 3 is 2.62 bits per heavy atom. The van der Waals surface area contributed by atoms with Crippen LogP contribution >= 0.6 is 34.5 Å². The van der Waals surface area contributed by atoms with Crippen molar-refractivity contribution in [3.8, 4) is 0 Å². The molecule has 1 aliphatic carbocycles. The number of methoxy groups -OCH3 is 1. The van der Waals surface area contributed by atoms with Gasteiger partial charge in [0.15, 0.2) is 0 Å². The standard InChI is InChI=1S/C29H24Cl2N4O6S/c1-41-27(37)15-4-7-20(21(8-15)35(39)40)33-12-22-24(26(33)36)25(23-10-17(31)13-42-23)29(34(22)11-14-2-3-14)18-6-5-16(30)9-19(18)32-28(29)38/h4-10,13-14,22,24-25H,2-3,11-12H2,1H3,(H,32,38)/t22-,24+,25-,29+/m0/s1. The summed E-state index contributed by atoms with van der Waals surface area (Å²) in [5, 5.41) is 18.0. The van der Waals surface area contributed by atoms with Gasteiger partial charge < -0.3 is 15.0 Å². The monoisotopic (exact) mass is 626 g/mol. The molecule has 1 spiro atoms. The molecule has 1 saturated carbocycles. The molecule has 7 rings (SSSR count). The maximum atomic E-state index is 14.5. The summed E-state index contributed by atoms with van der Waals surface area (Å²) < 4.78 is 4.74. The number of nitro groups is 1. The first-order chi connectivity index (χ1) is 20.1. The fourth-order valence-corrected chi connectivity index (χ4v) is 8.53. The number of anilines is 2. The lowest BCUT2D eigenvalue weighted by molar-refractivity contribution is -0.384. The second kappa shape index (κ2) is 9.77. The molecule has 3 aliphatic heterocycles. The number of likely N-dealkylation sites (tertiary alicyclic amines) is 1. The summed E-state index contributed by atoms with van der Waals surface area (Å²) in [4.78, 5) is 56.8. The van der Waals surface area contributed by atoms with Gasteiger partial charge in [0.05, 0.1) is 28.5 Å². The highest BCUT2D eigenvalue weighted by Gasteiger charge is 2.71. The lowest BCUT2D eigenvalue weighted by Gasteiger charge is -2.40. The van der Waals surface area contributed by atoms with Crippen molar-refractivity contribution in [2.24, 2.45) is 11.8 Å². The normalized spacial score (nSPS) is 26.5. The van der Waals surface area contributed by atoms with E-state index in [1.807, 2.05) is 6.07 Å². The van der Waals surface area contributed by atoms with Crippen LogP contribution in [0.15, 0.2) is 47.8 Å². The molecule has 3 aromatic rings. The average Bonchev–Trinajstić information content (AvgIpc) is 3.36. The summed E-state index contributed by atoms with van der Waals surface area (Å²) >= 11 is 14.1. The lowest BCUT2D eigenvalue weighted by Crippen LogP contribution is -2.54. The van der Waals surface area contributed by atoms with Gasteiger partial charge in [-0.1, -0.05) is 29.3 Å². The molecule has 3 fully saturated rings. The van der Waals surface area contributed by atoms with Crippen LogP contribution in [0.2, 0.25) is 10.0 Å². The van der Waals surface area contributed by atoms with Crippen molar-refractivity contribution in [3.05, 3.63) is 84.0 Å². The van der Waals surface area contributed by atoms with E-state index < -0.39 is 34.3 Å². The van der Waals surface area contributed by atoms with Gasteiger partial charge >= 0.3 is 5.97 Å². The van der Waals surface area contributed by atoms with Crippen LogP contribution in [0.5, 0.6) is 0 Å². The number of nitrogens with zero attached hydrogens (tertiary/aromatic N) is 3. The number of amides is 2. The van der Waals surface area contributed by atoms with Crippen molar-refractivity contribution in [2.75, 3.05) is 30.4 Å². The van der Waals surface area contributed by atoms with Crippen molar-refractivity contribution in [1.29, 1.82) is 0 Å². The molecule has 1 N–H and O–H groups in total. The van der Waals surface area contributed by atoms with E-state index in [0.29, 0.717) is 28.2 Å². The summed E-state index contributed by atoms with van der Waals surface area (Å²) in [7, 11) is 1.19. The number of nitrogens with one attached hydrogen (secondary N) is 1. The Hall–Kier alpha value is -3.51. The molecule has 1 aromatic heterocycles. The first kappa shape index (κ1) is 27.3. The van der Waals surface area contributed by atoms with Crippen molar-refractivity contribution in [3.63, 3.8) is 0 Å². The Labute approximate surface area is 254 Å². The van der Waals surface area contributed by atoms with Gasteiger partial charge in [-0.2, -0.15) is 0 Å². The van der Waals surface area contributed by atoms with Crippen molar-refractivity contribution >= 4 is 69.4 Å². The molecule has 10 nitrogen and oxygen atoms in total. The maximum absolute atomic E-state index is 14.5. The van der Waals surface area contributed by atoms with E-state index in [0.717, 1.165) is 29.3 Å². The average molecular weight is 628 g/mol. The fourth-order valence-electron chi connectivity index (χ4n) is 7.07. The van der Waals surface area contributed by atoms with Gasteiger partial charge in [-0.05, 0) is 49.1 Å². The van der Waals surface area contributed by atoms with Gasteiger partial charge in [0, 0.05) is 57.6 Å². The molecule has 2 aromatic carbocycles. The van der Waals surface area contributed by atoms with Crippen LogP contribution in [0.25, 0.3) is 0 Å². The zero-order valence-corrected chi connectivity index (χ0v) is 24.5. The summed E-state index contributed by atoms with van der Waals surface area (Å²) in [6.45, 7) is 0.735. The van der Waals surface area contributed by atoms with E-state index in [4.69, 9.17) is 27.9 Å². The first-order valence-electron chi connectivity index (χ1n) is 13.5. The summed E-state index contributed by atoms with van der Waals surface area (Å²) in [6, 6.07) is 10.7. The number of nitro benzene ring substituents is 1. The van der Waals surface area contributed by atoms with Gasteiger partial charge in [-0.15, -0.1) is 11.3 Å². The van der Waals surface area contributed by atoms with Crippen molar-refractivity contribution < 1.29 is 24.0 Å². The van der Waals surface area contributed by atoms with E-state index in [1.165, 1.54) is 35.5 Å². The van der Waals surface area contributed by atoms with Crippen LogP contribution in [-0.4, -0.2) is 53.8 Å². The van der Waals surface area contributed by atoms with E-state index in [-0.39, 0.29) is 35.3 Å². The minimum atomic E-state index is -1.19. The van der Waals surface area contributed by atoms with Gasteiger partial charge in [0.2, 0.25) is 11.8 Å². The molecule has 0 unspecified atom stereocenters. The molecule has 2 amide bonds. The molecule has 0 radical (unpaired) electrons. The highest BCUT2D eigenvalue weighted by Crippen LogP contribution is 2.63. The number of esters is 1. The molecule has 0 bridgehead atoms. The minimum absolute atomic E-state index is 0.0121. The largest absolute Gasteiger partial charge is 0.465 e. The van der Waals surface area contributed by atoms with Gasteiger partial charge in [-0.25, -0.2) is 4.79 Å². The molecule has 216 valence electrons. The van der Waals surface area contributed by atoms with Gasteiger partial charge in [-0.3, -0.25) is 24.6 Å². The molecule has 2 saturated heterocycles. The number of carbonyl (C=O) groups is 3. The molecular formula is C29H24Cl2N4O6S. The Balaban J connectivity index is 1.40. The number of hydrogen-bond donors (Lipinski definition) is 1. The zero-order chi connectivity index (χ0) is 29.5. The second-order valence-electron chi connectivity index (χ2n) is 11.1. The molecule has 4 aliphatic rings. The smallest absolute Gasteiger partial charge is 0.338 e. The third kappa shape index (κ3) is 3.90. The van der Waals surface area contributed by atoms with Crippen LogP contribution in [-0.2, 0) is 19.9 Å². The highest BCUT2D eigenvalue weighted by atomic mass is 35.5. The fraction of sp³-hybridized carbons (Fsp3) is 0.345. The SMILES string of the molecule is COC(=O)c1ccc(N2C[C@H]3[C@@H](C2=O)[C@H](c2cc(Cl)cs2)[C@]2(C(=O)Nc4cc(Cl)ccc42)N3CC2CC2)c([N+](=O)[O-])c1. The van der Waals surface area contributed by atoms with Crippen LogP contribution < -0.4 is 10.2 Å². The van der Waals surface area contributed by atoms with Gasteiger partial charge in [0.1, 0.15) is 11.2 Å². The van der Waals surface area contributed by atoms with E-state index in [9.17, 15) is 24.5 Å². The quantitative estimate of drug-likeness (QED) is 0.220. The predicted octanol–water partition coefficient (Wildman–Crippen LogP) is 5.44. The Bertz CT molecular complexity index is 1690. The second-order valence-corrected chi connectivity index (χ2v) is 13.0. The van der Waals surface area contributed by atoms with Crippen LogP contribution in [0.3, 0.4) is 0 Å². The number of benzene rings is 2. The summed E-state index contributed by atoms with van der Waals surface area (Å²) in [6.07, 6.45) is 2.04. The number of halogens is 2. The number of hydrogen-bond acceptors (Lipinski definition) is 8. The third-order valence-corrected chi connectivity index (χ3v) is 10.5. The number of thiophene rings is 1. The Morgan fingerprint density at radius 2 is 1.95 bits per heavy atom. The summed E-state index contributed by atoms with van der Waals surface area (Å²) in [5.41, 5.74) is -0.0804. The molecule has 42 heavy (non-hydrogen) atoms. The molecule has 13 heteroatoms. The highest BCUT2D eigenvalue weighted by molar-refractivity contribution is 7.10. The van der Waals surface area contributed by atoms with Gasteiger partial charge in [0.25, 0.3) is 5.69 Å². The van der Waals surface area contributed by atoms with Crippen LogP contribution in [0.1, 0.15) is 39.6 Å².